The monoisotopic (exact) mass is 316 g/mol. The minimum Gasteiger partial charge on any atom is -0.385 e. The predicted octanol–water partition coefficient (Wildman–Crippen LogP) is 1.09. The molecule has 7 heteroatoms. The van der Waals surface area contributed by atoms with Crippen molar-refractivity contribution < 1.29 is 12.6 Å². The van der Waals surface area contributed by atoms with Gasteiger partial charge < -0.3 is 5.32 Å². The van der Waals surface area contributed by atoms with E-state index in [9.17, 15) is 12.6 Å². The van der Waals surface area contributed by atoms with E-state index in [1.165, 1.54) is 0 Å². The highest BCUT2D eigenvalue weighted by molar-refractivity contribution is 7.89. The van der Waals surface area contributed by atoms with E-state index in [-0.39, 0.29) is 11.4 Å². The van der Waals surface area contributed by atoms with Gasteiger partial charge in [-0.2, -0.15) is 0 Å². The number of anilines is 1. The largest absolute Gasteiger partial charge is 0.385 e. The molecule has 1 aromatic rings. The van der Waals surface area contributed by atoms with Gasteiger partial charge in [0.05, 0.1) is 4.90 Å². The SMILES string of the molecule is CCS(=O)CCNS(=O)(=O)c1ccc2c(c1)NCCC2. The first kappa shape index (κ1) is 15.5. The molecule has 20 heavy (non-hydrogen) atoms. The molecule has 0 aromatic heterocycles. The summed E-state index contributed by atoms with van der Waals surface area (Å²) in [4.78, 5) is 0.257. The highest BCUT2D eigenvalue weighted by atomic mass is 32.2. The van der Waals surface area contributed by atoms with Crippen LogP contribution in [0.15, 0.2) is 23.1 Å². The molecular weight excluding hydrogens is 296 g/mol. The van der Waals surface area contributed by atoms with Crippen molar-refractivity contribution in [2.45, 2.75) is 24.7 Å². The average Bonchev–Trinajstić information content (AvgIpc) is 2.46. The quantitative estimate of drug-likeness (QED) is 0.824. The highest BCUT2D eigenvalue weighted by Crippen LogP contribution is 2.24. The summed E-state index contributed by atoms with van der Waals surface area (Å²) in [6, 6.07) is 5.17. The Bertz CT molecular complexity index is 600. The molecule has 0 spiro atoms. The zero-order valence-electron chi connectivity index (χ0n) is 11.5. The molecule has 1 atom stereocenters. The molecule has 1 unspecified atom stereocenters. The van der Waals surface area contributed by atoms with E-state index in [1.807, 2.05) is 13.0 Å². The highest BCUT2D eigenvalue weighted by Gasteiger charge is 2.17. The van der Waals surface area contributed by atoms with Gasteiger partial charge in [0.2, 0.25) is 10.0 Å². The van der Waals surface area contributed by atoms with Gasteiger partial charge in [-0.3, -0.25) is 4.21 Å². The second kappa shape index (κ2) is 6.69. The Hall–Kier alpha value is -0.920. The molecule has 0 amide bonds. The Kier molecular flexibility index (Phi) is 5.17. The minimum atomic E-state index is -3.52. The summed E-state index contributed by atoms with van der Waals surface area (Å²) in [5.41, 5.74) is 2.05. The van der Waals surface area contributed by atoms with Crippen LogP contribution >= 0.6 is 0 Å². The van der Waals surface area contributed by atoms with Crippen molar-refractivity contribution in [3.05, 3.63) is 23.8 Å². The molecule has 0 aliphatic carbocycles. The lowest BCUT2D eigenvalue weighted by atomic mass is 10.0. The van der Waals surface area contributed by atoms with Gasteiger partial charge in [-0.05, 0) is 30.5 Å². The van der Waals surface area contributed by atoms with Crippen molar-refractivity contribution in [1.29, 1.82) is 0 Å². The number of rotatable bonds is 6. The first-order valence-corrected chi connectivity index (χ1v) is 9.71. The summed E-state index contributed by atoms with van der Waals surface area (Å²) in [7, 11) is -4.48. The molecule has 1 aliphatic heterocycles. The Balaban J connectivity index is 2.07. The first-order chi connectivity index (χ1) is 9.53. The fourth-order valence-electron chi connectivity index (χ4n) is 2.12. The Labute approximate surface area is 122 Å². The third-order valence-corrected chi connectivity index (χ3v) is 6.04. The van der Waals surface area contributed by atoms with Crippen LogP contribution in [0, 0.1) is 0 Å². The van der Waals surface area contributed by atoms with E-state index in [2.05, 4.69) is 10.0 Å². The van der Waals surface area contributed by atoms with Gasteiger partial charge in [0, 0.05) is 41.1 Å². The molecule has 2 rings (SSSR count). The Morgan fingerprint density at radius 2 is 2.20 bits per heavy atom. The maximum atomic E-state index is 12.1. The van der Waals surface area contributed by atoms with E-state index >= 15 is 0 Å². The van der Waals surface area contributed by atoms with Crippen LogP contribution in [0.2, 0.25) is 0 Å². The molecule has 0 saturated heterocycles. The number of aryl methyl sites for hydroxylation is 1. The molecule has 1 aliphatic rings. The molecular formula is C13H20N2O3S2. The van der Waals surface area contributed by atoms with E-state index in [0.29, 0.717) is 11.5 Å². The minimum absolute atomic E-state index is 0.202. The summed E-state index contributed by atoms with van der Waals surface area (Å²) in [5.74, 6) is 0.892. The Morgan fingerprint density at radius 3 is 2.95 bits per heavy atom. The Morgan fingerprint density at radius 1 is 1.40 bits per heavy atom. The normalized spacial score (nSPS) is 16.2. The third kappa shape index (κ3) is 3.80. The van der Waals surface area contributed by atoms with Gasteiger partial charge in [-0.15, -0.1) is 0 Å². The van der Waals surface area contributed by atoms with Gasteiger partial charge in [0.1, 0.15) is 0 Å². The van der Waals surface area contributed by atoms with Crippen LogP contribution in [0.5, 0.6) is 0 Å². The molecule has 2 N–H and O–H groups in total. The van der Waals surface area contributed by atoms with Crippen LogP contribution in [-0.4, -0.2) is 37.2 Å². The summed E-state index contributed by atoms with van der Waals surface area (Å²) < 4.78 is 38.1. The predicted molar refractivity (Wildman–Crippen MR) is 82.0 cm³/mol. The lowest BCUT2D eigenvalue weighted by Crippen LogP contribution is -2.28. The zero-order valence-corrected chi connectivity index (χ0v) is 13.1. The number of sulfonamides is 1. The number of hydrogen-bond acceptors (Lipinski definition) is 4. The smallest absolute Gasteiger partial charge is 0.240 e. The third-order valence-electron chi connectivity index (χ3n) is 3.27. The summed E-state index contributed by atoms with van der Waals surface area (Å²) in [6.07, 6.45) is 2.05. The average molecular weight is 316 g/mol. The first-order valence-electron chi connectivity index (χ1n) is 6.74. The van der Waals surface area contributed by atoms with Gasteiger partial charge in [0.25, 0.3) is 0 Å². The lowest BCUT2D eigenvalue weighted by molar-refractivity contribution is 0.584. The van der Waals surface area contributed by atoms with Gasteiger partial charge in [-0.25, -0.2) is 13.1 Å². The number of hydrogen-bond donors (Lipinski definition) is 2. The fourth-order valence-corrected chi connectivity index (χ4v) is 3.93. The van der Waals surface area contributed by atoms with E-state index in [0.717, 1.165) is 30.6 Å². The fraction of sp³-hybridized carbons (Fsp3) is 0.538. The zero-order chi connectivity index (χ0) is 14.6. The van der Waals surface area contributed by atoms with Gasteiger partial charge in [0.15, 0.2) is 0 Å². The van der Waals surface area contributed by atoms with E-state index in [1.54, 1.807) is 12.1 Å². The molecule has 1 heterocycles. The van der Waals surface area contributed by atoms with Crippen LogP contribution < -0.4 is 10.0 Å². The van der Waals surface area contributed by atoms with Gasteiger partial charge in [-0.1, -0.05) is 13.0 Å². The van der Waals surface area contributed by atoms with Crippen LogP contribution in [0.25, 0.3) is 0 Å². The number of benzene rings is 1. The molecule has 0 fully saturated rings. The van der Waals surface area contributed by atoms with Crippen molar-refractivity contribution >= 4 is 26.5 Å². The number of nitrogens with one attached hydrogen (secondary N) is 2. The molecule has 0 radical (unpaired) electrons. The summed E-state index contributed by atoms with van der Waals surface area (Å²) in [5, 5.41) is 3.22. The van der Waals surface area contributed by atoms with Crippen molar-refractivity contribution in [3.63, 3.8) is 0 Å². The molecule has 5 nitrogen and oxygen atoms in total. The van der Waals surface area contributed by atoms with Crippen molar-refractivity contribution in [1.82, 2.24) is 4.72 Å². The van der Waals surface area contributed by atoms with Crippen LogP contribution in [0.4, 0.5) is 5.69 Å². The lowest BCUT2D eigenvalue weighted by Gasteiger charge is -2.18. The van der Waals surface area contributed by atoms with Crippen molar-refractivity contribution in [2.75, 3.05) is 29.9 Å². The second-order valence-electron chi connectivity index (χ2n) is 4.68. The van der Waals surface area contributed by atoms with Gasteiger partial charge >= 0.3 is 0 Å². The van der Waals surface area contributed by atoms with Crippen molar-refractivity contribution in [3.8, 4) is 0 Å². The summed E-state index contributed by atoms with van der Waals surface area (Å²) in [6.45, 7) is 2.90. The second-order valence-corrected chi connectivity index (χ2v) is 8.31. The maximum absolute atomic E-state index is 12.1. The van der Waals surface area contributed by atoms with Crippen LogP contribution in [-0.2, 0) is 27.2 Å². The maximum Gasteiger partial charge on any atom is 0.240 e. The van der Waals surface area contributed by atoms with E-state index < -0.39 is 20.8 Å². The van der Waals surface area contributed by atoms with Crippen LogP contribution in [0.1, 0.15) is 18.9 Å². The standard InChI is InChI=1S/C13H20N2O3S2/c1-2-19(16)9-8-15-20(17,18)12-6-5-11-4-3-7-14-13(11)10-12/h5-6,10,14-15H,2-4,7-9H2,1H3. The topological polar surface area (TPSA) is 75.3 Å². The van der Waals surface area contributed by atoms with E-state index in [4.69, 9.17) is 0 Å². The van der Waals surface area contributed by atoms with Crippen LogP contribution in [0.3, 0.4) is 0 Å². The molecule has 112 valence electrons. The molecule has 0 bridgehead atoms. The number of fused-ring (bicyclic) bond motifs is 1. The molecule has 1 aromatic carbocycles. The molecule has 0 saturated carbocycles. The van der Waals surface area contributed by atoms with Crippen molar-refractivity contribution in [2.24, 2.45) is 0 Å². The summed E-state index contributed by atoms with van der Waals surface area (Å²) >= 11 is 0.